The van der Waals surface area contributed by atoms with Gasteiger partial charge in [-0.3, -0.25) is 0 Å². The van der Waals surface area contributed by atoms with Gasteiger partial charge in [-0.1, -0.05) is 20.8 Å². The Labute approximate surface area is 118 Å². The van der Waals surface area contributed by atoms with E-state index in [1.54, 1.807) is 7.11 Å². The minimum Gasteiger partial charge on any atom is -0.380 e. The normalized spacial score (nSPS) is 30.9. The standard InChI is InChI=1S/C15H31N3O/c1-8-15(9-2)11(10(3)12(15)19-7)17-13(16)18-14(4,5)6/h10-12H,8-9H2,1-7H3,(H3,16,17,18). The van der Waals surface area contributed by atoms with Gasteiger partial charge < -0.3 is 15.8 Å². The smallest absolute Gasteiger partial charge is 0.189 e. The van der Waals surface area contributed by atoms with Crippen LogP contribution in [0.5, 0.6) is 0 Å². The molecule has 0 aromatic heterocycles. The second kappa shape index (κ2) is 5.70. The average molecular weight is 269 g/mol. The largest absolute Gasteiger partial charge is 0.380 e. The second-order valence-electron chi connectivity index (χ2n) is 6.79. The van der Waals surface area contributed by atoms with E-state index < -0.39 is 0 Å². The van der Waals surface area contributed by atoms with Crippen molar-refractivity contribution in [2.24, 2.45) is 22.1 Å². The Morgan fingerprint density at radius 2 is 1.84 bits per heavy atom. The SMILES string of the molecule is CCC1(CC)C(N=C(N)NC(C)(C)C)C(C)C1OC. The lowest BCUT2D eigenvalue weighted by atomic mass is 9.53. The first-order valence-electron chi connectivity index (χ1n) is 7.36. The monoisotopic (exact) mass is 269 g/mol. The van der Waals surface area contributed by atoms with E-state index in [0.29, 0.717) is 18.0 Å². The van der Waals surface area contributed by atoms with E-state index in [2.05, 4.69) is 46.9 Å². The van der Waals surface area contributed by atoms with Crippen LogP contribution in [0, 0.1) is 11.3 Å². The zero-order chi connectivity index (χ0) is 14.8. The summed E-state index contributed by atoms with van der Waals surface area (Å²) in [7, 11) is 1.80. The number of guanidine groups is 1. The zero-order valence-electron chi connectivity index (χ0n) is 13.6. The van der Waals surface area contributed by atoms with Crippen molar-refractivity contribution >= 4 is 5.96 Å². The van der Waals surface area contributed by atoms with Crippen molar-refractivity contribution in [3.63, 3.8) is 0 Å². The number of hydrogen-bond donors (Lipinski definition) is 2. The number of rotatable bonds is 4. The van der Waals surface area contributed by atoms with Crippen LogP contribution in [-0.2, 0) is 4.74 Å². The van der Waals surface area contributed by atoms with E-state index in [4.69, 9.17) is 15.5 Å². The quantitative estimate of drug-likeness (QED) is 0.609. The van der Waals surface area contributed by atoms with E-state index in [0.717, 1.165) is 12.8 Å². The molecule has 1 saturated carbocycles. The van der Waals surface area contributed by atoms with Crippen molar-refractivity contribution in [3.05, 3.63) is 0 Å². The Bertz CT molecular complexity index is 329. The molecule has 1 fully saturated rings. The van der Waals surface area contributed by atoms with Gasteiger partial charge in [0.05, 0.1) is 12.1 Å². The van der Waals surface area contributed by atoms with E-state index >= 15 is 0 Å². The number of hydrogen-bond acceptors (Lipinski definition) is 2. The molecule has 0 aromatic carbocycles. The highest BCUT2D eigenvalue weighted by Gasteiger charge is 2.58. The van der Waals surface area contributed by atoms with Crippen LogP contribution in [0.2, 0.25) is 0 Å². The summed E-state index contributed by atoms with van der Waals surface area (Å²) >= 11 is 0. The summed E-state index contributed by atoms with van der Waals surface area (Å²) in [4.78, 5) is 4.75. The van der Waals surface area contributed by atoms with Crippen LogP contribution < -0.4 is 11.1 Å². The van der Waals surface area contributed by atoms with Crippen LogP contribution in [0.1, 0.15) is 54.4 Å². The molecule has 3 N–H and O–H groups in total. The summed E-state index contributed by atoms with van der Waals surface area (Å²) in [6.45, 7) is 12.9. The van der Waals surface area contributed by atoms with Crippen molar-refractivity contribution in [1.82, 2.24) is 5.32 Å². The van der Waals surface area contributed by atoms with Gasteiger partial charge >= 0.3 is 0 Å². The Morgan fingerprint density at radius 1 is 1.32 bits per heavy atom. The van der Waals surface area contributed by atoms with Crippen molar-refractivity contribution in [3.8, 4) is 0 Å². The van der Waals surface area contributed by atoms with Crippen LogP contribution in [0.25, 0.3) is 0 Å². The molecule has 3 unspecified atom stereocenters. The van der Waals surface area contributed by atoms with Gasteiger partial charge in [0.25, 0.3) is 0 Å². The van der Waals surface area contributed by atoms with Gasteiger partial charge in [0.1, 0.15) is 0 Å². The van der Waals surface area contributed by atoms with Crippen LogP contribution in [0.3, 0.4) is 0 Å². The molecule has 0 saturated heterocycles. The summed E-state index contributed by atoms with van der Waals surface area (Å²) in [6.07, 6.45) is 2.44. The minimum absolute atomic E-state index is 0.0533. The predicted molar refractivity (Wildman–Crippen MR) is 81.3 cm³/mol. The van der Waals surface area contributed by atoms with Crippen molar-refractivity contribution in [2.45, 2.75) is 72.1 Å². The van der Waals surface area contributed by atoms with E-state index in [9.17, 15) is 0 Å². The van der Waals surface area contributed by atoms with Crippen molar-refractivity contribution in [2.75, 3.05) is 7.11 Å². The fraction of sp³-hybridized carbons (Fsp3) is 0.933. The summed E-state index contributed by atoms with van der Waals surface area (Å²) in [5, 5.41) is 3.24. The highest BCUT2D eigenvalue weighted by atomic mass is 16.5. The predicted octanol–water partition coefficient (Wildman–Crippen LogP) is 2.53. The Hall–Kier alpha value is -0.770. The zero-order valence-corrected chi connectivity index (χ0v) is 13.6. The maximum absolute atomic E-state index is 6.05. The number of methoxy groups -OCH3 is 1. The molecular formula is C15H31N3O. The third-order valence-corrected chi connectivity index (χ3v) is 4.48. The first-order chi connectivity index (χ1) is 8.71. The maximum atomic E-state index is 6.05. The van der Waals surface area contributed by atoms with E-state index in [1.807, 2.05) is 0 Å². The molecule has 0 aliphatic heterocycles. The molecule has 0 amide bonds. The van der Waals surface area contributed by atoms with E-state index in [-0.39, 0.29) is 17.0 Å². The molecule has 0 heterocycles. The Morgan fingerprint density at radius 3 is 2.21 bits per heavy atom. The molecule has 0 bridgehead atoms. The maximum Gasteiger partial charge on any atom is 0.189 e. The molecule has 1 aliphatic rings. The molecule has 0 aromatic rings. The second-order valence-corrected chi connectivity index (χ2v) is 6.79. The molecule has 4 nitrogen and oxygen atoms in total. The summed E-state index contributed by atoms with van der Waals surface area (Å²) in [6, 6.07) is 0.252. The number of nitrogens with one attached hydrogen (secondary N) is 1. The van der Waals surface area contributed by atoms with Crippen LogP contribution in [0.15, 0.2) is 4.99 Å². The molecule has 19 heavy (non-hydrogen) atoms. The van der Waals surface area contributed by atoms with Gasteiger partial charge in [0.15, 0.2) is 5.96 Å². The van der Waals surface area contributed by atoms with Gasteiger partial charge in [0.2, 0.25) is 0 Å². The molecule has 1 rings (SSSR count). The van der Waals surface area contributed by atoms with Gasteiger partial charge in [-0.25, -0.2) is 4.99 Å². The van der Waals surface area contributed by atoms with Gasteiger partial charge in [-0.05, 0) is 33.6 Å². The first-order valence-corrected chi connectivity index (χ1v) is 7.36. The van der Waals surface area contributed by atoms with Gasteiger partial charge in [0, 0.05) is 24.0 Å². The summed E-state index contributed by atoms with van der Waals surface area (Å²) in [5.74, 6) is 0.968. The number of aliphatic imine (C=N–C) groups is 1. The molecule has 1 aliphatic carbocycles. The fourth-order valence-electron chi connectivity index (χ4n) is 3.59. The lowest BCUT2D eigenvalue weighted by Gasteiger charge is -2.57. The molecule has 4 heteroatoms. The molecule has 3 atom stereocenters. The highest BCUT2D eigenvalue weighted by Crippen LogP contribution is 2.54. The third kappa shape index (κ3) is 3.04. The van der Waals surface area contributed by atoms with Gasteiger partial charge in [-0.15, -0.1) is 0 Å². The third-order valence-electron chi connectivity index (χ3n) is 4.48. The van der Waals surface area contributed by atoms with Crippen LogP contribution >= 0.6 is 0 Å². The topological polar surface area (TPSA) is 59.6 Å². The Balaban J connectivity index is 2.90. The number of nitrogens with zero attached hydrogens (tertiary/aromatic N) is 1. The number of ether oxygens (including phenoxy) is 1. The molecule has 0 spiro atoms. The summed E-state index contributed by atoms with van der Waals surface area (Å²) < 4.78 is 5.68. The average Bonchev–Trinajstić information content (AvgIpc) is 2.30. The lowest BCUT2D eigenvalue weighted by molar-refractivity contribution is -0.156. The number of nitrogens with two attached hydrogens (primary N) is 1. The van der Waals surface area contributed by atoms with Crippen molar-refractivity contribution < 1.29 is 4.74 Å². The van der Waals surface area contributed by atoms with Crippen LogP contribution in [-0.4, -0.2) is 30.8 Å². The first kappa shape index (κ1) is 16.3. The fourth-order valence-corrected chi connectivity index (χ4v) is 3.59. The Kier molecular flexibility index (Phi) is 4.88. The molecule has 112 valence electrons. The molecular weight excluding hydrogens is 238 g/mol. The van der Waals surface area contributed by atoms with Crippen molar-refractivity contribution in [1.29, 1.82) is 0 Å². The minimum atomic E-state index is -0.0533. The van der Waals surface area contributed by atoms with Crippen LogP contribution in [0.4, 0.5) is 0 Å². The van der Waals surface area contributed by atoms with Gasteiger partial charge in [-0.2, -0.15) is 0 Å². The summed E-state index contributed by atoms with van der Waals surface area (Å²) in [5.41, 5.74) is 6.13. The van der Waals surface area contributed by atoms with E-state index in [1.165, 1.54) is 0 Å². The highest BCUT2D eigenvalue weighted by molar-refractivity contribution is 5.79. The molecule has 0 radical (unpaired) electrons. The lowest BCUT2D eigenvalue weighted by Crippen LogP contribution is -2.64.